The van der Waals surface area contributed by atoms with Crippen LogP contribution in [-0.4, -0.2) is 54.5 Å². The molecule has 1 fully saturated rings. The number of rotatable bonds is 6. The summed E-state index contributed by atoms with van der Waals surface area (Å²) in [6.45, 7) is 10.9. The number of nitrogens with zero attached hydrogens (tertiary/aromatic N) is 2. The third-order valence-corrected chi connectivity index (χ3v) is 4.51. The van der Waals surface area contributed by atoms with Gasteiger partial charge in [0.2, 0.25) is 5.91 Å². The van der Waals surface area contributed by atoms with Gasteiger partial charge in [-0.2, -0.15) is 0 Å². The molecule has 1 aromatic rings. The molecule has 1 saturated heterocycles. The molecule has 1 atom stereocenters. The summed E-state index contributed by atoms with van der Waals surface area (Å²) in [5.74, 6) is 0.195. The van der Waals surface area contributed by atoms with E-state index >= 15 is 0 Å². The molecule has 2 heterocycles. The van der Waals surface area contributed by atoms with Crippen LogP contribution >= 0.6 is 36.2 Å². The average molecular weight is 366 g/mol. The molecule has 1 unspecified atom stereocenters. The summed E-state index contributed by atoms with van der Waals surface area (Å²) in [4.78, 5) is 18.0. The first-order valence-corrected chi connectivity index (χ1v) is 7.97. The number of carbonyl (C=O) groups excluding carboxylic acids is 1. The van der Waals surface area contributed by atoms with Crippen LogP contribution in [0.2, 0.25) is 0 Å². The van der Waals surface area contributed by atoms with E-state index in [0.29, 0.717) is 13.1 Å². The first-order valence-electron chi connectivity index (χ1n) is 7.09. The maximum atomic E-state index is 12.7. The van der Waals surface area contributed by atoms with E-state index in [-0.39, 0.29) is 36.8 Å². The minimum atomic E-state index is -0.0583. The molecular weight excluding hydrogens is 341 g/mol. The van der Waals surface area contributed by atoms with Crippen LogP contribution in [0.1, 0.15) is 11.8 Å². The number of piperazine rings is 1. The second-order valence-corrected chi connectivity index (χ2v) is 6.08. The molecule has 0 aliphatic carbocycles. The standard InChI is InChI=1S/C15H23N3OS.2ClH/c1-3-8-18(12-14-5-4-11-20-14)15(19)13(2)17-9-6-16-7-10-17;;/h3-5,11,13,16H,1,6-10,12H2,2H3;2*1H. The summed E-state index contributed by atoms with van der Waals surface area (Å²) in [6, 6.07) is 4.04. The zero-order chi connectivity index (χ0) is 14.4. The molecule has 0 radical (unpaired) electrons. The number of thiophene rings is 1. The molecule has 1 aromatic heterocycles. The molecule has 126 valence electrons. The third-order valence-electron chi connectivity index (χ3n) is 3.64. The lowest BCUT2D eigenvalue weighted by Crippen LogP contribution is -2.53. The van der Waals surface area contributed by atoms with Gasteiger partial charge in [0.15, 0.2) is 0 Å². The van der Waals surface area contributed by atoms with Gasteiger partial charge in [0.25, 0.3) is 0 Å². The number of hydrogen-bond donors (Lipinski definition) is 1. The van der Waals surface area contributed by atoms with Crippen molar-refractivity contribution in [2.45, 2.75) is 19.5 Å². The molecule has 1 amide bonds. The SMILES string of the molecule is C=CCN(Cc1cccs1)C(=O)C(C)N1CCNCC1.Cl.Cl. The highest BCUT2D eigenvalue weighted by atomic mass is 35.5. The Morgan fingerprint density at radius 1 is 1.50 bits per heavy atom. The van der Waals surface area contributed by atoms with Crippen molar-refractivity contribution in [3.63, 3.8) is 0 Å². The van der Waals surface area contributed by atoms with Crippen molar-refractivity contribution in [3.8, 4) is 0 Å². The summed E-state index contributed by atoms with van der Waals surface area (Å²) < 4.78 is 0. The summed E-state index contributed by atoms with van der Waals surface area (Å²) in [5, 5.41) is 5.37. The van der Waals surface area contributed by atoms with Gasteiger partial charge in [-0.3, -0.25) is 9.69 Å². The van der Waals surface area contributed by atoms with Crippen LogP contribution in [0.25, 0.3) is 0 Å². The van der Waals surface area contributed by atoms with Gasteiger partial charge in [-0.05, 0) is 18.4 Å². The van der Waals surface area contributed by atoms with Crippen molar-refractivity contribution in [1.82, 2.24) is 15.1 Å². The minimum absolute atomic E-state index is 0. The number of carbonyl (C=O) groups is 1. The largest absolute Gasteiger partial charge is 0.332 e. The van der Waals surface area contributed by atoms with Crippen LogP contribution in [0.5, 0.6) is 0 Å². The molecular formula is C15H25Cl2N3OS. The number of hydrogen-bond acceptors (Lipinski definition) is 4. The Labute approximate surface area is 149 Å². The Balaban J connectivity index is 0.00000220. The number of nitrogens with one attached hydrogen (secondary N) is 1. The van der Waals surface area contributed by atoms with Crippen LogP contribution in [0.4, 0.5) is 0 Å². The fraction of sp³-hybridized carbons (Fsp3) is 0.533. The molecule has 1 aliphatic heterocycles. The number of amides is 1. The van der Waals surface area contributed by atoms with Crippen molar-refractivity contribution in [3.05, 3.63) is 35.0 Å². The molecule has 4 nitrogen and oxygen atoms in total. The Morgan fingerprint density at radius 2 is 2.18 bits per heavy atom. The zero-order valence-electron chi connectivity index (χ0n) is 12.9. The Hall–Kier alpha value is -0.590. The van der Waals surface area contributed by atoms with E-state index < -0.39 is 0 Å². The van der Waals surface area contributed by atoms with Crippen molar-refractivity contribution in [2.75, 3.05) is 32.7 Å². The normalized spacial score (nSPS) is 16.0. The van der Waals surface area contributed by atoms with E-state index in [0.717, 1.165) is 26.2 Å². The van der Waals surface area contributed by atoms with E-state index in [9.17, 15) is 4.79 Å². The zero-order valence-corrected chi connectivity index (χ0v) is 15.3. The van der Waals surface area contributed by atoms with Gasteiger partial charge in [-0.25, -0.2) is 0 Å². The Bertz CT molecular complexity index is 436. The minimum Gasteiger partial charge on any atom is -0.332 e. The van der Waals surface area contributed by atoms with Gasteiger partial charge in [0.05, 0.1) is 12.6 Å². The van der Waals surface area contributed by atoms with Gasteiger partial charge in [0.1, 0.15) is 0 Å². The van der Waals surface area contributed by atoms with E-state index in [1.165, 1.54) is 4.88 Å². The molecule has 7 heteroatoms. The van der Waals surface area contributed by atoms with E-state index in [4.69, 9.17) is 0 Å². The molecule has 0 bridgehead atoms. The lowest BCUT2D eigenvalue weighted by atomic mass is 10.2. The predicted molar refractivity (Wildman–Crippen MR) is 98.3 cm³/mol. The van der Waals surface area contributed by atoms with Crippen LogP contribution in [0.3, 0.4) is 0 Å². The molecule has 2 rings (SSSR count). The highest BCUT2D eigenvalue weighted by molar-refractivity contribution is 7.09. The molecule has 1 N–H and O–H groups in total. The second kappa shape index (κ2) is 11.0. The fourth-order valence-electron chi connectivity index (χ4n) is 2.47. The van der Waals surface area contributed by atoms with E-state index in [2.05, 4.69) is 22.9 Å². The number of halogens is 2. The molecule has 0 saturated carbocycles. The van der Waals surface area contributed by atoms with Gasteiger partial charge in [-0.15, -0.1) is 42.7 Å². The molecule has 22 heavy (non-hydrogen) atoms. The highest BCUT2D eigenvalue weighted by Gasteiger charge is 2.26. The topological polar surface area (TPSA) is 35.6 Å². The van der Waals surface area contributed by atoms with E-state index in [1.54, 1.807) is 17.4 Å². The average Bonchev–Trinajstić information content (AvgIpc) is 2.99. The molecule has 0 spiro atoms. The highest BCUT2D eigenvalue weighted by Crippen LogP contribution is 2.14. The lowest BCUT2D eigenvalue weighted by Gasteiger charge is -2.34. The first kappa shape index (κ1) is 21.4. The van der Waals surface area contributed by atoms with Gasteiger partial charge in [-0.1, -0.05) is 12.1 Å². The van der Waals surface area contributed by atoms with Crippen molar-refractivity contribution in [1.29, 1.82) is 0 Å². The third kappa shape index (κ3) is 5.89. The Morgan fingerprint density at radius 3 is 2.73 bits per heavy atom. The van der Waals surface area contributed by atoms with Crippen LogP contribution < -0.4 is 5.32 Å². The molecule has 1 aliphatic rings. The van der Waals surface area contributed by atoms with Crippen molar-refractivity contribution >= 4 is 42.1 Å². The van der Waals surface area contributed by atoms with Crippen molar-refractivity contribution < 1.29 is 4.79 Å². The van der Waals surface area contributed by atoms with Crippen LogP contribution in [0.15, 0.2) is 30.2 Å². The summed E-state index contributed by atoms with van der Waals surface area (Å²) >= 11 is 1.69. The summed E-state index contributed by atoms with van der Waals surface area (Å²) in [5.41, 5.74) is 0. The van der Waals surface area contributed by atoms with Crippen LogP contribution in [0, 0.1) is 0 Å². The van der Waals surface area contributed by atoms with Gasteiger partial charge < -0.3 is 10.2 Å². The maximum absolute atomic E-state index is 12.7. The van der Waals surface area contributed by atoms with Crippen molar-refractivity contribution in [2.24, 2.45) is 0 Å². The summed E-state index contributed by atoms with van der Waals surface area (Å²) in [6.07, 6.45) is 1.80. The second-order valence-electron chi connectivity index (χ2n) is 5.05. The maximum Gasteiger partial charge on any atom is 0.240 e. The Kier molecular flexibility index (Phi) is 10.7. The van der Waals surface area contributed by atoms with Crippen LogP contribution in [-0.2, 0) is 11.3 Å². The summed E-state index contributed by atoms with van der Waals surface area (Å²) in [7, 11) is 0. The predicted octanol–water partition coefficient (Wildman–Crippen LogP) is 2.40. The van der Waals surface area contributed by atoms with E-state index in [1.807, 2.05) is 23.3 Å². The fourth-order valence-corrected chi connectivity index (χ4v) is 3.19. The quantitative estimate of drug-likeness (QED) is 0.786. The smallest absolute Gasteiger partial charge is 0.240 e. The first-order chi connectivity index (χ1) is 9.72. The van der Waals surface area contributed by atoms with Gasteiger partial charge >= 0.3 is 0 Å². The molecule has 0 aromatic carbocycles. The lowest BCUT2D eigenvalue weighted by molar-refractivity contribution is -0.136. The monoisotopic (exact) mass is 365 g/mol. The van der Waals surface area contributed by atoms with Gasteiger partial charge in [0, 0.05) is 37.6 Å².